The predicted molar refractivity (Wildman–Crippen MR) is 422 cm³/mol. The van der Waals surface area contributed by atoms with Gasteiger partial charge in [0.05, 0.1) is 55.8 Å². The van der Waals surface area contributed by atoms with Crippen LogP contribution < -0.4 is 38.5 Å². The number of hydrogen-bond acceptors (Lipinski definition) is 27. The van der Waals surface area contributed by atoms with Gasteiger partial charge in [-0.2, -0.15) is 0 Å². The van der Waals surface area contributed by atoms with Crippen molar-refractivity contribution in [1.29, 1.82) is 0 Å². The smallest absolute Gasteiger partial charge is 0.414 e. The number of nitrogens with two attached hydrogens (primary N) is 3. The maximum absolute atomic E-state index is 15.0. The van der Waals surface area contributed by atoms with Gasteiger partial charge in [0.1, 0.15) is 67.3 Å². The lowest BCUT2D eigenvalue weighted by molar-refractivity contribution is 0.0546. The van der Waals surface area contributed by atoms with Gasteiger partial charge in [0.2, 0.25) is 63.9 Å². The zero-order chi connectivity index (χ0) is 83.8. The Hall–Kier alpha value is -8.98. The van der Waals surface area contributed by atoms with Crippen molar-refractivity contribution in [3.8, 4) is 0 Å². The number of carbonyl (C=O) groups is 3. The van der Waals surface area contributed by atoms with Gasteiger partial charge in [0.15, 0.2) is 9.84 Å². The molecule has 4 aromatic carbocycles. The Kier molecular flexibility index (Phi) is 24.1. The van der Waals surface area contributed by atoms with E-state index in [9.17, 15) is 69.6 Å². The molecule has 7 heterocycles. The molecular formula is C67H89F4N17O16S7. The standard InChI is InChI=1S/C19H25FN4O4S2.C18H23FN4O4S2.C16H24FN5O4S.C14H17FN4O4S2/c1-18(2,3)28-17(25)22-16-23-19(4,10-30(26,27)24(16)5)12-7-11-8-15(29-6)21-14(11)9-13(12)20;1-17(2,3)27-16(24)21-15-22-18(4,9-29(25,26)23(15)5)11-6-10-7-14(28)20-13(10)8-12(11)19;1-15(2,3)26-14(23)20-13-21-16(4,8-27(24,25)22(13)5)9-6-11(18)12(19)7-10(9)17;1-14(7-25(22,23)19(2)13(16)18-14)9-4-8-5-12(24(3,20)21)17-11(8)6-10(9)15/h7,9H,8,10H2,1-6H3,(H,22,23,25);6,8H,7,9H2,1-5H3,(H,20,28)(H,21,22,24);6-7H,8,18-19H2,1-5H3,(H,20,21,23);4,6H,5,7H2,1-3H3,(H2,16,18)/t19-;18-;16-;14-/m0000/s1. The number of sulfone groups is 1. The highest BCUT2D eigenvalue weighted by Gasteiger charge is 2.48. The number of anilines is 3. The fourth-order valence-corrected chi connectivity index (χ4v) is 19.3. The quantitative estimate of drug-likeness (QED) is 0.0457. The van der Waals surface area contributed by atoms with Gasteiger partial charge in [-0.15, -0.1) is 11.8 Å². The number of alkyl carbamates (subject to hydrolysis) is 3. The van der Waals surface area contributed by atoms with Crippen LogP contribution in [-0.4, -0.2) is 197 Å². The number of hydrogen-bond donors (Lipinski definition) is 7. The molecule has 11 rings (SSSR count). The maximum atomic E-state index is 15.0. The van der Waals surface area contributed by atoms with Crippen LogP contribution in [-0.2, 0) is 106 Å². The van der Waals surface area contributed by atoms with E-state index in [1.54, 1.807) is 74.4 Å². The summed E-state index contributed by atoms with van der Waals surface area (Å²) in [7, 11) is -13.8. The van der Waals surface area contributed by atoms with E-state index in [0.717, 1.165) is 51.8 Å². The Balaban J connectivity index is 0.000000186. The van der Waals surface area contributed by atoms with Crippen molar-refractivity contribution in [2.45, 2.75) is 148 Å². The summed E-state index contributed by atoms with van der Waals surface area (Å²) in [6.07, 6.45) is 1.36. The van der Waals surface area contributed by atoms with Crippen molar-refractivity contribution in [3.63, 3.8) is 0 Å². The topological polar surface area (TPSA) is 463 Å². The minimum atomic E-state index is -3.90. The van der Waals surface area contributed by atoms with Crippen LogP contribution in [0.5, 0.6) is 0 Å². The van der Waals surface area contributed by atoms with E-state index in [1.165, 1.54) is 91.9 Å². The third-order valence-electron chi connectivity index (χ3n) is 17.5. The summed E-state index contributed by atoms with van der Waals surface area (Å²) in [5, 5.41) is 10.8. The highest BCUT2D eigenvalue weighted by molar-refractivity contribution is 8.13. The second kappa shape index (κ2) is 30.5. The molecule has 0 radical (unpaired) electrons. The predicted octanol–water partition coefficient (Wildman–Crippen LogP) is 7.26. The Labute approximate surface area is 652 Å². The van der Waals surface area contributed by atoms with E-state index in [-0.39, 0.29) is 74.6 Å². The molecule has 0 aromatic heterocycles. The highest BCUT2D eigenvalue weighted by Crippen LogP contribution is 2.43. The zero-order valence-corrected chi connectivity index (χ0v) is 69.9. The highest BCUT2D eigenvalue weighted by atomic mass is 32.2. The number of aliphatic imine (C=N–C) groups is 6. The Morgan fingerprint density at radius 1 is 0.505 bits per heavy atom. The Morgan fingerprint density at radius 3 is 1.20 bits per heavy atom. The molecule has 4 aromatic rings. The first-order chi connectivity index (χ1) is 50.4. The molecule has 4 atom stereocenters. The van der Waals surface area contributed by atoms with Crippen LogP contribution in [0.3, 0.4) is 0 Å². The number of guanidine groups is 4. The molecule has 0 saturated carbocycles. The number of sulfonamides is 4. The van der Waals surface area contributed by atoms with Gasteiger partial charge in [-0.25, -0.2) is 121 Å². The summed E-state index contributed by atoms with van der Waals surface area (Å²) in [6.45, 7) is 21.0. The molecule has 0 saturated heterocycles. The molecule has 0 unspecified atom stereocenters. The van der Waals surface area contributed by atoms with Crippen molar-refractivity contribution in [2.75, 3.05) is 80.5 Å². The third-order valence-corrected chi connectivity index (χ3v) is 27.3. The number of nitrogen functional groups attached to an aromatic ring is 2. The van der Waals surface area contributed by atoms with E-state index in [1.807, 2.05) is 6.26 Å². The van der Waals surface area contributed by atoms with Crippen LogP contribution in [0.25, 0.3) is 0 Å². The van der Waals surface area contributed by atoms with Gasteiger partial charge in [-0.05, 0) is 149 Å². The molecule has 0 fully saturated rings. The normalized spacial score (nSPS) is 23.3. The van der Waals surface area contributed by atoms with Crippen molar-refractivity contribution >= 4 is 160 Å². The van der Waals surface area contributed by atoms with E-state index in [4.69, 9.17) is 43.6 Å². The molecule has 0 bridgehead atoms. The first-order valence-electron chi connectivity index (χ1n) is 33.5. The zero-order valence-electron chi connectivity index (χ0n) is 64.2. The molecule has 608 valence electrons. The van der Waals surface area contributed by atoms with Gasteiger partial charge in [-0.1, -0.05) is 12.2 Å². The lowest BCUT2D eigenvalue weighted by atomic mass is 9.91. The molecule has 0 spiro atoms. The van der Waals surface area contributed by atoms with Gasteiger partial charge in [-0.3, -0.25) is 16.0 Å². The number of benzene rings is 4. The molecule has 33 nitrogen and oxygen atoms in total. The molecule has 7 aliphatic heterocycles. The third kappa shape index (κ3) is 20.1. The first kappa shape index (κ1) is 87.6. The number of thioether (sulfide) groups is 1. The number of ether oxygens (including phenoxy) is 3. The summed E-state index contributed by atoms with van der Waals surface area (Å²) in [6, 6.07) is 10.6. The van der Waals surface area contributed by atoms with E-state index >= 15 is 4.39 Å². The number of rotatable bonds is 4. The number of nitrogens with zero attached hydrogens (tertiary/aromatic N) is 10. The molecule has 3 amide bonds. The Bertz CT molecular complexity index is 5360. The van der Waals surface area contributed by atoms with Crippen molar-refractivity contribution < 1.29 is 88.2 Å². The molecule has 7 aliphatic rings. The SMILES string of the molecule is CN1C(N)=N[C@](C)(c2cc3c(cc2F)N=C(S(C)(=O)=O)C3)CS1(=O)=O.CN1C(NC(=O)OC(C)(C)C)=N[C@](C)(c2cc(N)c(N)cc2F)CS1(=O)=O.CN1C(NC(=O)OC(C)(C)C)=N[C@](C)(c2cc3c(cc2F)NC(=S)C3)CS1(=O)=O.CSC1=Nc2cc(F)c([C@]3(C)CS(=O)(=O)N(C)C(NC(=O)OC(C)(C)C)=N3)cc2C1. The number of thiocarbonyl (C=S) groups is 1. The van der Waals surface area contributed by atoms with Gasteiger partial charge in [0, 0.05) is 93.8 Å². The van der Waals surface area contributed by atoms with Crippen LogP contribution in [0, 0.1) is 23.3 Å². The van der Waals surface area contributed by atoms with Crippen molar-refractivity contribution in [2.24, 2.45) is 35.7 Å². The molecule has 0 aliphatic carbocycles. The molecule has 10 N–H and O–H groups in total. The minimum absolute atomic E-state index is 0.0311. The second-order valence-corrected chi connectivity index (χ2v) is 42.0. The average Bonchev–Trinajstić information content (AvgIpc) is 1.70. The molecule has 44 heteroatoms. The lowest BCUT2D eigenvalue weighted by Crippen LogP contribution is -2.54. The number of halogens is 4. The minimum Gasteiger partial charge on any atom is -0.444 e. The maximum Gasteiger partial charge on any atom is 0.414 e. The average molecular weight is 1690 g/mol. The van der Waals surface area contributed by atoms with E-state index in [2.05, 4.69) is 51.2 Å². The number of carbonyl (C=O) groups excluding carboxylic acids is 3. The number of nitrogens with one attached hydrogen (secondary N) is 4. The first-order valence-corrected chi connectivity index (χ1v) is 43.4. The summed E-state index contributed by atoms with van der Waals surface area (Å²) >= 11 is 6.61. The molecular weight excluding hydrogens is 1600 g/mol. The fraction of sp³-hybridized carbons (Fsp3) is 0.493. The summed E-state index contributed by atoms with van der Waals surface area (Å²) in [5.74, 6) is -5.50. The largest absolute Gasteiger partial charge is 0.444 e. The van der Waals surface area contributed by atoms with E-state index < -0.39 is 153 Å². The van der Waals surface area contributed by atoms with Crippen molar-refractivity contribution in [1.82, 2.24) is 33.2 Å². The summed E-state index contributed by atoms with van der Waals surface area (Å²) in [5.41, 5.74) is 12.6. The summed E-state index contributed by atoms with van der Waals surface area (Å²) < 4.78 is 202. The van der Waals surface area contributed by atoms with Crippen LogP contribution in [0.2, 0.25) is 0 Å². The monoisotopic (exact) mass is 1690 g/mol. The second-order valence-electron chi connectivity index (χ2n) is 30.6. The van der Waals surface area contributed by atoms with Crippen LogP contribution in [0.15, 0.2) is 78.5 Å². The number of fused-ring (bicyclic) bond motifs is 3. The van der Waals surface area contributed by atoms with Crippen LogP contribution in [0.1, 0.15) is 129 Å². The van der Waals surface area contributed by atoms with Crippen LogP contribution >= 0.6 is 24.0 Å². The van der Waals surface area contributed by atoms with E-state index in [0.29, 0.717) is 34.8 Å². The Morgan fingerprint density at radius 2 is 0.829 bits per heavy atom. The van der Waals surface area contributed by atoms with Gasteiger partial charge in [0.25, 0.3) is 0 Å². The van der Waals surface area contributed by atoms with Gasteiger partial charge >= 0.3 is 18.3 Å². The molecule has 111 heavy (non-hydrogen) atoms. The summed E-state index contributed by atoms with van der Waals surface area (Å²) in [4.78, 5) is 62.5. The van der Waals surface area contributed by atoms with Crippen molar-refractivity contribution in [3.05, 3.63) is 111 Å². The number of amides is 3. The fourth-order valence-electron chi connectivity index (χ4n) is 12.0. The lowest BCUT2D eigenvalue weighted by Gasteiger charge is -2.36. The van der Waals surface area contributed by atoms with Gasteiger partial charge < -0.3 is 36.7 Å². The van der Waals surface area contributed by atoms with Crippen LogP contribution in [0.4, 0.5) is 60.4 Å².